The van der Waals surface area contributed by atoms with E-state index < -0.39 is 0 Å². The third-order valence-electron chi connectivity index (χ3n) is 10.6. The van der Waals surface area contributed by atoms with Crippen LogP contribution in [0.1, 0.15) is 118 Å². The molecule has 2 aliphatic rings. The maximum atomic E-state index is 14.3. The molecular weight excluding hydrogens is 544 g/mol. The molecule has 1 N–H and O–H groups in total. The predicted octanol–water partition coefficient (Wildman–Crippen LogP) is 7.76. The summed E-state index contributed by atoms with van der Waals surface area (Å²) in [6.45, 7) is 10.8. The second-order valence-electron chi connectivity index (χ2n) is 13.5. The Balaban J connectivity index is 1.61. The molecule has 1 saturated carbocycles. The van der Waals surface area contributed by atoms with Gasteiger partial charge in [-0.1, -0.05) is 38.8 Å². The Morgan fingerprint density at radius 3 is 2.36 bits per heavy atom. The van der Waals surface area contributed by atoms with Crippen molar-refractivity contribution in [3.05, 3.63) is 49.8 Å². The molecule has 1 aromatic carbocycles. The second kappa shape index (κ2) is 14.6. The lowest BCUT2D eigenvalue weighted by molar-refractivity contribution is 0.0915. The Bertz CT molecular complexity index is 1250. The first-order valence-corrected chi connectivity index (χ1v) is 17.0. The van der Waals surface area contributed by atoms with Crippen molar-refractivity contribution in [3.63, 3.8) is 0 Å². The highest BCUT2D eigenvalue weighted by atomic mass is 35.5. The van der Waals surface area contributed by atoms with Crippen molar-refractivity contribution in [2.75, 3.05) is 32.1 Å². The predicted molar refractivity (Wildman–Crippen MR) is 176 cm³/mol. The first-order chi connectivity index (χ1) is 20.1. The van der Waals surface area contributed by atoms with Crippen LogP contribution in [-0.4, -0.2) is 53.7 Å². The molecule has 0 bridgehead atoms. The summed E-state index contributed by atoms with van der Waals surface area (Å²) >= 11 is 6.80. The lowest BCUT2D eigenvalue weighted by Gasteiger charge is -2.39. The number of hydrogen-bond donors (Lipinski definition) is 1. The maximum Gasteiger partial charge on any atom is 0.269 e. The molecule has 234 valence electrons. The first-order valence-electron chi connectivity index (χ1n) is 16.6. The Morgan fingerprint density at radius 1 is 1.10 bits per heavy atom. The Labute approximate surface area is 259 Å². The molecule has 1 aliphatic carbocycles. The second-order valence-corrected chi connectivity index (χ2v) is 13.9. The van der Waals surface area contributed by atoms with E-state index in [-0.39, 0.29) is 17.3 Å². The number of rotatable bonds is 12. The number of halogens is 1. The van der Waals surface area contributed by atoms with E-state index in [1.165, 1.54) is 37.7 Å². The summed E-state index contributed by atoms with van der Waals surface area (Å²) in [7, 11) is 6.31. The number of carbonyl (C=O) groups is 1. The van der Waals surface area contributed by atoms with Gasteiger partial charge in [0.25, 0.3) is 5.56 Å². The van der Waals surface area contributed by atoms with Crippen molar-refractivity contribution in [1.29, 1.82) is 0 Å². The minimum Gasteiger partial charge on any atom is -0.357 e. The molecule has 3 unspecified atom stereocenters. The van der Waals surface area contributed by atoms with Crippen molar-refractivity contribution in [2.24, 2.45) is 24.8 Å². The largest absolute Gasteiger partial charge is 0.357 e. The SMILES string of the molecule is CCCC(c1cc(Cl)cc(C(=O)C(CC)Cc2c(N3CCCCC3)n(C)[nH]c2=O)c1C)C(C)C1CCC(N(C)C)CC1. The van der Waals surface area contributed by atoms with Crippen molar-refractivity contribution >= 4 is 23.2 Å². The quantitative estimate of drug-likeness (QED) is 0.254. The molecule has 4 rings (SSSR count). The summed E-state index contributed by atoms with van der Waals surface area (Å²) in [6.07, 6.45) is 11.9. The molecule has 2 heterocycles. The summed E-state index contributed by atoms with van der Waals surface area (Å²) in [4.78, 5) is 32.1. The summed E-state index contributed by atoms with van der Waals surface area (Å²) in [6, 6.07) is 4.70. The molecule has 2 aromatic rings. The van der Waals surface area contributed by atoms with Gasteiger partial charge >= 0.3 is 0 Å². The number of aromatic amines is 1. The summed E-state index contributed by atoms with van der Waals surface area (Å²) in [5.41, 5.74) is 3.73. The van der Waals surface area contributed by atoms with Gasteiger partial charge in [-0.05, 0) is 126 Å². The monoisotopic (exact) mass is 598 g/mol. The highest BCUT2D eigenvalue weighted by molar-refractivity contribution is 6.31. The number of piperidine rings is 1. The van der Waals surface area contributed by atoms with E-state index in [0.29, 0.717) is 41.7 Å². The van der Waals surface area contributed by atoms with Gasteiger partial charge in [0.05, 0.1) is 5.56 Å². The number of carbonyl (C=O) groups excluding carboxylic acids is 1. The lowest BCUT2D eigenvalue weighted by atomic mass is 9.69. The van der Waals surface area contributed by atoms with Crippen LogP contribution < -0.4 is 10.5 Å². The summed E-state index contributed by atoms with van der Waals surface area (Å²) in [5, 5.41) is 3.62. The summed E-state index contributed by atoms with van der Waals surface area (Å²) < 4.78 is 1.85. The zero-order chi connectivity index (χ0) is 30.6. The van der Waals surface area contributed by atoms with E-state index in [4.69, 9.17) is 11.6 Å². The van der Waals surface area contributed by atoms with Gasteiger partial charge in [-0.3, -0.25) is 19.4 Å². The molecule has 0 radical (unpaired) electrons. The fraction of sp³-hybridized carbons (Fsp3) is 0.714. The van der Waals surface area contributed by atoms with Crippen LogP contribution >= 0.6 is 11.6 Å². The number of H-pyrrole nitrogens is 1. The molecule has 0 amide bonds. The van der Waals surface area contributed by atoms with Crippen LogP contribution in [0.25, 0.3) is 0 Å². The molecule has 1 aliphatic heterocycles. The van der Waals surface area contributed by atoms with Crippen LogP contribution in [0.4, 0.5) is 5.82 Å². The van der Waals surface area contributed by atoms with Crippen LogP contribution in [0.5, 0.6) is 0 Å². The standard InChI is InChI=1S/C35H55ClN4O2/c1-8-13-29(23(3)26-14-16-28(17-15-26)38(5)6)30-21-27(36)22-31(24(30)4)33(41)25(9-2)20-32-34(42)37-39(7)35(32)40-18-11-10-12-19-40/h21-23,25-26,28-29H,8-20H2,1-7H3,(H,37,42). The van der Waals surface area contributed by atoms with Gasteiger partial charge in [0.15, 0.2) is 5.78 Å². The van der Waals surface area contributed by atoms with Gasteiger partial charge in [0, 0.05) is 42.7 Å². The highest BCUT2D eigenvalue weighted by Crippen LogP contribution is 2.43. The van der Waals surface area contributed by atoms with E-state index in [2.05, 4.69) is 62.8 Å². The Kier molecular flexibility index (Phi) is 11.4. The van der Waals surface area contributed by atoms with E-state index in [0.717, 1.165) is 61.3 Å². The number of hydrogen-bond acceptors (Lipinski definition) is 4. The molecule has 7 heteroatoms. The third kappa shape index (κ3) is 7.18. The van der Waals surface area contributed by atoms with Crippen LogP contribution in [0.2, 0.25) is 5.02 Å². The van der Waals surface area contributed by atoms with E-state index in [1.54, 1.807) is 0 Å². The van der Waals surface area contributed by atoms with Crippen LogP contribution in [0.3, 0.4) is 0 Å². The van der Waals surface area contributed by atoms with E-state index >= 15 is 0 Å². The smallest absolute Gasteiger partial charge is 0.269 e. The zero-order valence-corrected chi connectivity index (χ0v) is 28.0. The lowest BCUT2D eigenvalue weighted by Crippen LogP contribution is -2.34. The van der Waals surface area contributed by atoms with Crippen molar-refractivity contribution < 1.29 is 4.79 Å². The fourth-order valence-corrected chi connectivity index (χ4v) is 8.21. The number of aromatic nitrogens is 2. The number of Topliss-reactive ketones (excluding diaryl/α,β-unsaturated/α-hetero) is 1. The number of aryl methyl sites for hydroxylation is 1. The van der Waals surface area contributed by atoms with Gasteiger partial charge in [-0.25, -0.2) is 0 Å². The topological polar surface area (TPSA) is 61.3 Å². The van der Waals surface area contributed by atoms with Gasteiger partial charge in [-0.15, -0.1) is 0 Å². The third-order valence-corrected chi connectivity index (χ3v) is 10.8. The number of ketones is 1. The molecule has 1 saturated heterocycles. The normalized spacial score (nSPS) is 21.9. The number of anilines is 1. The molecule has 1 aromatic heterocycles. The Hall–Kier alpha value is -2.05. The number of nitrogens with zero attached hydrogens (tertiary/aromatic N) is 3. The molecule has 6 nitrogen and oxygen atoms in total. The van der Waals surface area contributed by atoms with Crippen LogP contribution in [0, 0.1) is 24.7 Å². The Morgan fingerprint density at radius 2 is 1.76 bits per heavy atom. The number of nitrogens with one attached hydrogen (secondary N) is 1. The van der Waals surface area contributed by atoms with E-state index in [9.17, 15) is 9.59 Å². The van der Waals surface area contributed by atoms with Gasteiger partial charge in [0.2, 0.25) is 0 Å². The first kappa shape index (κ1) is 32.9. The fourth-order valence-electron chi connectivity index (χ4n) is 7.98. The maximum absolute atomic E-state index is 14.3. The van der Waals surface area contributed by atoms with Crippen molar-refractivity contribution in [3.8, 4) is 0 Å². The zero-order valence-electron chi connectivity index (χ0n) is 27.3. The van der Waals surface area contributed by atoms with Crippen molar-refractivity contribution in [2.45, 2.75) is 110 Å². The van der Waals surface area contributed by atoms with Gasteiger partial charge in [-0.2, -0.15) is 0 Å². The minimum atomic E-state index is -0.273. The molecular formula is C35H55ClN4O2. The molecule has 2 fully saturated rings. The molecule has 0 spiro atoms. The average Bonchev–Trinajstić information content (AvgIpc) is 3.27. The van der Waals surface area contributed by atoms with E-state index in [1.807, 2.05) is 17.8 Å². The average molecular weight is 599 g/mol. The van der Waals surface area contributed by atoms with Crippen LogP contribution in [0.15, 0.2) is 16.9 Å². The minimum absolute atomic E-state index is 0.0753. The molecule has 42 heavy (non-hydrogen) atoms. The molecule has 3 atom stereocenters. The van der Waals surface area contributed by atoms with Crippen molar-refractivity contribution in [1.82, 2.24) is 14.7 Å². The summed E-state index contributed by atoms with van der Waals surface area (Å²) in [5.74, 6) is 2.40. The van der Waals surface area contributed by atoms with Crippen LogP contribution in [-0.2, 0) is 13.5 Å². The van der Waals surface area contributed by atoms with Gasteiger partial charge < -0.3 is 9.80 Å². The highest BCUT2D eigenvalue weighted by Gasteiger charge is 2.33. The number of benzene rings is 1. The van der Waals surface area contributed by atoms with Gasteiger partial charge in [0.1, 0.15) is 5.82 Å².